The number of halogens is 15. The van der Waals surface area contributed by atoms with Gasteiger partial charge in [-0.25, -0.2) is 26.3 Å². The Morgan fingerprint density at radius 3 is 1.60 bits per heavy atom. The summed E-state index contributed by atoms with van der Waals surface area (Å²) < 4.78 is 200. The Hall–Kier alpha value is -3.42. The summed E-state index contributed by atoms with van der Waals surface area (Å²) in [6, 6.07) is -1.22. The first-order valence-electron chi connectivity index (χ1n) is 17.5. The van der Waals surface area contributed by atoms with E-state index in [4.69, 9.17) is 0 Å². The number of fused-ring (bicyclic) bond motifs is 7. The summed E-state index contributed by atoms with van der Waals surface area (Å²) >= 11 is 0. The van der Waals surface area contributed by atoms with Crippen LogP contribution in [0.2, 0.25) is 0 Å². The van der Waals surface area contributed by atoms with Crippen LogP contribution in [0.25, 0.3) is 0 Å². The van der Waals surface area contributed by atoms with Crippen molar-refractivity contribution in [3.8, 4) is 0 Å². The lowest BCUT2D eigenvalue weighted by atomic mass is 9.89. The fraction of sp³-hybridized carbons (Fsp3) is 0.735. The molecule has 5 aliphatic rings. The maximum Gasteiger partial charge on any atom is 0.435 e. The van der Waals surface area contributed by atoms with Gasteiger partial charge in [-0.1, -0.05) is 20.8 Å². The Balaban J connectivity index is 0.000000152. The third-order valence-corrected chi connectivity index (χ3v) is 9.74. The van der Waals surface area contributed by atoms with Crippen LogP contribution in [0.15, 0.2) is 0 Å². The van der Waals surface area contributed by atoms with Gasteiger partial charge >= 0.3 is 6.18 Å². The molecule has 8 rings (SSSR count). The molecule has 4 unspecified atom stereocenters. The summed E-state index contributed by atoms with van der Waals surface area (Å²) in [6.07, 6.45) is -12.5. The second kappa shape index (κ2) is 13.9. The van der Waals surface area contributed by atoms with Crippen LogP contribution >= 0.6 is 0 Å². The Bertz CT molecular complexity index is 1820. The zero-order valence-corrected chi connectivity index (χ0v) is 30.4. The summed E-state index contributed by atoms with van der Waals surface area (Å²) in [5, 5.41) is 12.0. The molecule has 3 aromatic heterocycles. The minimum absolute atomic E-state index is 0.0648. The van der Waals surface area contributed by atoms with E-state index >= 15 is 0 Å². The molecule has 3 aromatic rings. The van der Waals surface area contributed by atoms with Crippen molar-refractivity contribution in [2.45, 2.75) is 141 Å². The summed E-state index contributed by atoms with van der Waals surface area (Å²) in [5.74, 6) is -15.4. The lowest BCUT2D eigenvalue weighted by molar-refractivity contribution is -0.142. The number of alkyl halides is 15. The van der Waals surface area contributed by atoms with Gasteiger partial charge in [0, 0.05) is 47.9 Å². The number of nitrogens with one attached hydrogen (secondary N) is 1. The molecule has 0 radical (unpaired) electrons. The molecule has 310 valence electrons. The quantitative estimate of drug-likeness (QED) is 0.267. The highest BCUT2D eigenvalue weighted by molar-refractivity contribution is 5.47. The monoisotopic (exact) mass is 816 g/mol. The number of nitrogens with zero attached hydrogens (tertiary/aromatic N) is 5. The van der Waals surface area contributed by atoms with Gasteiger partial charge in [-0.05, 0) is 58.3 Å². The number of aromatic amines is 1. The van der Waals surface area contributed by atoms with E-state index in [1.165, 1.54) is 13.8 Å². The lowest BCUT2D eigenvalue weighted by Crippen LogP contribution is -2.33. The average Bonchev–Trinajstić information content (AvgIpc) is 3.76. The Labute approximate surface area is 305 Å². The highest BCUT2D eigenvalue weighted by Crippen LogP contribution is 2.69. The highest BCUT2D eigenvalue weighted by atomic mass is 19.4. The molecular weight excluding hydrogens is 777 g/mol. The maximum absolute atomic E-state index is 14.0. The van der Waals surface area contributed by atoms with Crippen molar-refractivity contribution in [3.63, 3.8) is 0 Å². The van der Waals surface area contributed by atoms with Crippen molar-refractivity contribution in [1.82, 2.24) is 29.8 Å². The lowest BCUT2D eigenvalue weighted by Gasteiger charge is -2.30. The molecule has 0 amide bonds. The van der Waals surface area contributed by atoms with Crippen LogP contribution in [0, 0.1) is 17.8 Å². The minimum Gasteiger partial charge on any atom is -0.276 e. The predicted octanol–water partition coefficient (Wildman–Crippen LogP) is 12.3. The minimum atomic E-state index is -4.67. The van der Waals surface area contributed by atoms with Gasteiger partial charge in [0.15, 0.2) is 5.69 Å². The zero-order valence-electron chi connectivity index (χ0n) is 30.4. The van der Waals surface area contributed by atoms with E-state index in [-0.39, 0.29) is 17.5 Å². The molecule has 21 heteroatoms. The van der Waals surface area contributed by atoms with Crippen LogP contribution in [0.4, 0.5) is 65.9 Å². The van der Waals surface area contributed by atoms with Crippen LogP contribution in [0.5, 0.6) is 0 Å². The number of rotatable bonds is 4. The topological polar surface area (TPSA) is 64.3 Å². The second-order valence-corrected chi connectivity index (χ2v) is 15.6. The normalized spacial score (nSPS) is 25.3. The van der Waals surface area contributed by atoms with E-state index in [9.17, 15) is 65.9 Å². The first-order valence-corrected chi connectivity index (χ1v) is 17.5. The largest absolute Gasteiger partial charge is 0.435 e. The van der Waals surface area contributed by atoms with Gasteiger partial charge in [0.2, 0.25) is 0 Å². The number of hydrogen-bond donors (Lipinski definition) is 1. The molecule has 6 nitrogen and oxygen atoms in total. The third kappa shape index (κ3) is 7.45. The fourth-order valence-corrected chi connectivity index (χ4v) is 7.30. The summed E-state index contributed by atoms with van der Waals surface area (Å²) in [4.78, 5) is 0. The van der Waals surface area contributed by atoms with E-state index in [0.29, 0.717) is 11.1 Å². The van der Waals surface area contributed by atoms with Crippen LogP contribution in [0.3, 0.4) is 0 Å². The molecule has 0 bridgehead atoms. The summed E-state index contributed by atoms with van der Waals surface area (Å²) in [7, 11) is 0. The second-order valence-electron chi connectivity index (χ2n) is 15.6. The van der Waals surface area contributed by atoms with Crippen molar-refractivity contribution in [2.24, 2.45) is 17.8 Å². The van der Waals surface area contributed by atoms with Crippen molar-refractivity contribution in [2.75, 3.05) is 0 Å². The molecule has 4 atom stereocenters. The molecule has 0 spiro atoms. The molecule has 2 fully saturated rings. The van der Waals surface area contributed by atoms with Crippen LogP contribution in [0.1, 0.15) is 162 Å². The van der Waals surface area contributed by atoms with Gasteiger partial charge < -0.3 is 0 Å². The van der Waals surface area contributed by atoms with Gasteiger partial charge in [-0.15, -0.1) is 0 Å². The molecule has 0 aromatic carbocycles. The molecule has 0 saturated heterocycles. The number of aromatic nitrogens is 6. The van der Waals surface area contributed by atoms with Crippen molar-refractivity contribution in [1.29, 1.82) is 0 Å². The molecule has 0 aliphatic heterocycles. The van der Waals surface area contributed by atoms with E-state index in [2.05, 4.69) is 36.1 Å². The zero-order chi connectivity index (χ0) is 41.7. The van der Waals surface area contributed by atoms with Gasteiger partial charge in [-0.2, -0.15) is 54.8 Å². The van der Waals surface area contributed by atoms with Crippen molar-refractivity contribution >= 4 is 0 Å². The molecule has 3 heterocycles. The summed E-state index contributed by atoms with van der Waals surface area (Å²) in [5.41, 5.74) is -6.36. The van der Waals surface area contributed by atoms with Gasteiger partial charge in [-0.3, -0.25) is 14.5 Å². The molecule has 2 saturated carbocycles. The molecule has 1 N–H and O–H groups in total. The Kier molecular flexibility index (Phi) is 10.8. The van der Waals surface area contributed by atoms with E-state index in [0.717, 1.165) is 10.6 Å². The van der Waals surface area contributed by atoms with Crippen LogP contribution in [-0.4, -0.2) is 29.8 Å². The van der Waals surface area contributed by atoms with Crippen LogP contribution in [-0.2, 0) is 29.9 Å². The van der Waals surface area contributed by atoms with Crippen molar-refractivity contribution in [3.05, 3.63) is 50.9 Å². The standard InChI is InChI=1S/C11H12F6N2.C11H11F5N2.C8H6F4N2.C4H10/c1-5(2)19-8-6(7(18-19)9(12)13)10(14,15)3-4-11(8,16)17;1-4(2)18-9-7(8(17-18)11(14,15)16)5-3-6(5)10(9,12)13;9-7(10)5-4-2-1-3(2)8(11,12)6(4)14-13-5;1-4(2)3/h5,9H,3-4H2,1-2H3;4-6H,3H2,1-2H3;2-3,7H,1H2,(H,13,14);4H,1-3H3. The molecule has 55 heavy (non-hydrogen) atoms. The fourth-order valence-electron chi connectivity index (χ4n) is 7.30. The predicted molar refractivity (Wildman–Crippen MR) is 166 cm³/mol. The molecule has 5 aliphatic carbocycles. The average molecular weight is 817 g/mol. The maximum atomic E-state index is 14.0. The smallest absolute Gasteiger partial charge is 0.276 e. The van der Waals surface area contributed by atoms with Crippen LogP contribution < -0.4 is 0 Å². The van der Waals surface area contributed by atoms with Gasteiger partial charge in [0.1, 0.15) is 28.5 Å². The van der Waals surface area contributed by atoms with E-state index in [1.807, 2.05) is 5.10 Å². The van der Waals surface area contributed by atoms with E-state index < -0.39 is 131 Å². The number of H-pyrrole nitrogens is 1. The first kappa shape index (κ1) is 42.7. The summed E-state index contributed by atoms with van der Waals surface area (Å²) in [6.45, 7) is 12.4. The third-order valence-electron chi connectivity index (χ3n) is 9.74. The van der Waals surface area contributed by atoms with Gasteiger partial charge in [0.05, 0.1) is 5.56 Å². The highest BCUT2D eigenvalue weighted by Gasteiger charge is 2.69. The Morgan fingerprint density at radius 1 is 0.655 bits per heavy atom. The number of hydrogen-bond acceptors (Lipinski definition) is 3. The van der Waals surface area contributed by atoms with Crippen molar-refractivity contribution < 1.29 is 65.9 Å². The first-order chi connectivity index (χ1) is 25.0. The SMILES string of the molecule is CC(C)C.CC(C)n1nc(C(F)(F)F)c2c1C(F)(F)C1CC21.CC(C)n1nc(C(F)F)c2c1C(F)(F)CCC2(F)F.FC(F)c1[nH]nc2c1C1CC1C2(F)F. The van der Waals surface area contributed by atoms with Gasteiger partial charge in [0.25, 0.3) is 36.5 Å². The Morgan fingerprint density at radius 2 is 1.13 bits per heavy atom. The van der Waals surface area contributed by atoms with E-state index in [1.54, 1.807) is 13.8 Å². The molecular formula is C34H39F15N6.